The normalized spacial score (nSPS) is 18.5. The van der Waals surface area contributed by atoms with Gasteiger partial charge < -0.3 is 4.90 Å². The quantitative estimate of drug-likeness (QED) is 0.595. The molecule has 9 heteroatoms. The molecule has 0 amide bonds. The number of thiazole rings is 1. The minimum absolute atomic E-state index is 0.00785. The zero-order valence-electron chi connectivity index (χ0n) is 17.9. The van der Waals surface area contributed by atoms with E-state index in [0.717, 1.165) is 31.7 Å². The van der Waals surface area contributed by atoms with Crippen LogP contribution in [0.3, 0.4) is 0 Å². The minimum atomic E-state index is -2.45. The Hall–Kier alpha value is -2.10. The fourth-order valence-corrected chi connectivity index (χ4v) is 5.87. The van der Waals surface area contributed by atoms with Crippen LogP contribution in [0.2, 0.25) is 0 Å². The molecule has 2 aromatic heterocycles. The summed E-state index contributed by atoms with van der Waals surface area (Å²) < 4.78 is 18.3. The van der Waals surface area contributed by atoms with Crippen LogP contribution in [0.5, 0.6) is 0 Å². The number of nitrogens with zero attached hydrogens (tertiary/aromatic N) is 6. The Balaban J connectivity index is 1.41. The van der Waals surface area contributed by atoms with E-state index in [1.165, 1.54) is 10.3 Å². The van der Waals surface area contributed by atoms with Crippen LogP contribution in [0.15, 0.2) is 45.4 Å². The number of aromatic nitrogens is 3. The number of benzene rings is 1. The molecule has 4 rings (SSSR count). The summed E-state index contributed by atoms with van der Waals surface area (Å²) in [5.74, 6) is 0.690. The van der Waals surface area contributed by atoms with Gasteiger partial charge >= 0.3 is 0 Å². The summed E-state index contributed by atoms with van der Waals surface area (Å²) in [4.78, 5) is 18.7. The number of rotatable bonds is 5. The molecule has 0 bridgehead atoms. The van der Waals surface area contributed by atoms with E-state index in [1.54, 1.807) is 30.0 Å². The number of piperazine rings is 1. The van der Waals surface area contributed by atoms with Gasteiger partial charge in [-0.2, -0.15) is 0 Å². The smallest absolute Gasteiger partial charge is 0.225 e. The molecule has 1 saturated heterocycles. The summed E-state index contributed by atoms with van der Waals surface area (Å²) in [6.45, 7) is 9.70. The van der Waals surface area contributed by atoms with Gasteiger partial charge in [-0.05, 0) is 38.5 Å². The molecule has 1 aliphatic rings. The molecule has 0 N–H and O–H groups in total. The van der Waals surface area contributed by atoms with E-state index in [9.17, 15) is 4.21 Å². The molecular weight excluding hydrogens is 416 g/mol. The third-order valence-corrected chi connectivity index (χ3v) is 8.16. The summed E-state index contributed by atoms with van der Waals surface area (Å²) in [7, 11) is -2.45. The van der Waals surface area contributed by atoms with Crippen LogP contribution >= 0.6 is 11.3 Å². The maximum absolute atomic E-state index is 12.7. The second-order valence-corrected chi connectivity index (χ2v) is 11.2. The van der Waals surface area contributed by atoms with E-state index in [0.29, 0.717) is 16.9 Å². The van der Waals surface area contributed by atoms with Crippen LogP contribution in [0.1, 0.15) is 32.4 Å². The van der Waals surface area contributed by atoms with Crippen LogP contribution in [0.25, 0.3) is 10.2 Å². The summed E-state index contributed by atoms with van der Waals surface area (Å²) in [5.41, 5.74) is 4.28. The molecule has 2 atom stereocenters. The summed E-state index contributed by atoms with van der Waals surface area (Å²) in [6, 6.07) is 6.93. The summed E-state index contributed by atoms with van der Waals surface area (Å²) >= 11 is 1.68. The molecule has 0 saturated carbocycles. The Morgan fingerprint density at radius 2 is 1.77 bits per heavy atom. The third kappa shape index (κ3) is 4.48. The van der Waals surface area contributed by atoms with Crippen molar-refractivity contribution < 1.29 is 4.21 Å². The van der Waals surface area contributed by atoms with Crippen molar-refractivity contribution in [2.45, 2.75) is 37.8 Å². The van der Waals surface area contributed by atoms with Crippen molar-refractivity contribution in [1.82, 2.24) is 19.9 Å². The predicted molar refractivity (Wildman–Crippen MR) is 124 cm³/mol. The third-order valence-electron chi connectivity index (χ3n) is 5.45. The van der Waals surface area contributed by atoms with Crippen molar-refractivity contribution in [2.75, 3.05) is 37.3 Å². The molecule has 3 heterocycles. The zero-order chi connectivity index (χ0) is 21.3. The lowest BCUT2D eigenvalue weighted by molar-refractivity contribution is 0.198. The van der Waals surface area contributed by atoms with Crippen molar-refractivity contribution in [3.05, 3.63) is 41.7 Å². The van der Waals surface area contributed by atoms with Crippen LogP contribution < -0.4 is 4.90 Å². The molecular formula is C21H28N6OS2. The lowest BCUT2D eigenvalue weighted by Crippen LogP contribution is -2.47. The van der Waals surface area contributed by atoms with Gasteiger partial charge in [0, 0.05) is 50.9 Å². The summed E-state index contributed by atoms with van der Waals surface area (Å²) in [5, 5.41) is 0. The lowest BCUT2D eigenvalue weighted by atomic mass is 10.1. The topological polar surface area (TPSA) is 74.6 Å². The minimum Gasteiger partial charge on any atom is -0.338 e. The maximum atomic E-state index is 12.7. The SMILES string of the molecule is CC(C)N=S(C)(=O)c1cnc(N2CCN(C(C)c3ccc4scnc4c3)CC2)nc1. The number of hydrogen-bond acceptors (Lipinski definition) is 8. The first-order valence-corrected chi connectivity index (χ1v) is 13.0. The average molecular weight is 445 g/mol. The molecule has 3 aromatic rings. The number of anilines is 1. The summed E-state index contributed by atoms with van der Waals surface area (Å²) in [6.07, 6.45) is 4.97. The molecule has 30 heavy (non-hydrogen) atoms. The molecule has 7 nitrogen and oxygen atoms in total. The average Bonchev–Trinajstić information content (AvgIpc) is 3.20. The van der Waals surface area contributed by atoms with Gasteiger partial charge in [-0.25, -0.2) is 23.5 Å². The monoisotopic (exact) mass is 444 g/mol. The first-order chi connectivity index (χ1) is 14.3. The molecule has 0 aliphatic carbocycles. The highest BCUT2D eigenvalue weighted by atomic mass is 32.2. The van der Waals surface area contributed by atoms with Crippen molar-refractivity contribution in [2.24, 2.45) is 4.36 Å². The standard InChI is InChI=1S/C21H28N6OS2/c1-15(2)25-30(4,28)18-12-22-21(23-13-18)27-9-7-26(8-10-27)16(3)17-5-6-20-19(11-17)24-14-29-20/h5-6,11-16H,7-10H2,1-4H3. The van der Waals surface area contributed by atoms with Crippen molar-refractivity contribution in [3.8, 4) is 0 Å². The van der Waals surface area contributed by atoms with E-state index in [1.807, 2.05) is 19.4 Å². The molecule has 2 unspecified atom stereocenters. The second-order valence-electron chi connectivity index (χ2n) is 8.00. The predicted octanol–water partition coefficient (Wildman–Crippen LogP) is 3.83. The van der Waals surface area contributed by atoms with Gasteiger partial charge in [0.2, 0.25) is 5.95 Å². The van der Waals surface area contributed by atoms with Gasteiger partial charge in [0.25, 0.3) is 0 Å². The number of fused-ring (bicyclic) bond motifs is 1. The highest BCUT2D eigenvalue weighted by molar-refractivity contribution is 7.93. The Morgan fingerprint density at radius 1 is 1.07 bits per heavy atom. The highest BCUT2D eigenvalue weighted by Crippen LogP contribution is 2.27. The van der Waals surface area contributed by atoms with E-state index < -0.39 is 9.73 Å². The van der Waals surface area contributed by atoms with E-state index >= 15 is 0 Å². The maximum Gasteiger partial charge on any atom is 0.225 e. The van der Waals surface area contributed by atoms with E-state index in [2.05, 4.69) is 54.2 Å². The molecule has 1 fully saturated rings. The Labute approximate surface area is 182 Å². The molecule has 0 spiro atoms. The van der Waals surface area contributed by atoms with Gasteiger partial charge in [0.15, 0.2) is 0 Å². The first kappa shape index (κ1) is 21.1. The van der Waals surface area contributed by atoms with Crippen molar-refractivity contribution >= 4 is 37.2 Å². The van der Waals surface area contributed by atoms with Crippen molar-refractivity contribution in [3.63, 3.8) is 0 Å². The van der Waals surface area contributed by atoms with Gasteiger partial charge in [0.1, 0.15) is 0 Å². The van der Waals surface area contributed by atoms with Crippen LogP contribution in [0, 0.1) is 0 Å². The van der Waals surface area contributed by atoms with Gasteiger partial charge in [-0.15, -0.1) is 11.3 Å². The Kier molecular flexibility index (Phi) is 6.04. The van der Waals surface area contributed by atoms with Gasteiger partial charge in [-0.1, -0.05) is 6.07 Å². The fourth-order valence-electron chi connectivity index (χ4n) is 3.79. The van der Waals surface area contributed by atoms with Crippen LogP contribution in [0.4, 0.5) is 5.95 Å². The van der Waals surface area contributed by atoms with E-state index in [4.69, 9.17) is 0 Å². The molecule has 1 aromatic carbocycles. The Morgan fingerprint density at radius 3 is 2.43 bits per heavy atom. The van der Waals surface area contributed by atoms with Gasteiger partial charge in [0.05, 0.1) is 36.4 Å². The largest absolute Gasteiger partial charge is 0.338 e. The molecule has 1 aliphatic heterocycles. The Bertz CT molecular complexity index is 1130. The highest BCUT2D eigenvalue weighted by Gasteiger charge is 2.24. The lowest BCUT2D eigenvalue weighted by Gasteiger charge is -2.38. The molecule has 160 valence electrons. The molecule has 0 radical (unpaired) electrons. The zero-order valence-corrected chi connectivity index (χ0v) is 19.5. The van der Waals surface area contributed by atoms with Crippen LogP contribution in [-0.2, 0) is 9.73 Å². The second kappa shape index (κ2) is 8.56. The first-order valence-electron chi connectivity index (χ1n) is 10.2. The van der Waals surface area contributed by atoms with E-state index in [-0.39, 0.29) is 6.04 Å². The van der Waals surface area contributed by atoms with Gasteiger partial charge in [-0.3, -0.25) is 4.90 Å². The van der Waals surface area contributed by atoms with Crippen LogP contribution in [-0.4, -0.2) is 62.5 Å². The van der Waals surface area contributed by atoms with Crippen molar-refractivity contribution in [1.29, 1.82) is 0 Å². The number of hydrogen-bond donors (Lipinski definition) is 0. The fraction of sp³-hybridized carbons (Fsp3) is 0.476.